The predicted molar refractivity (Wildman–Crippen MR) is 162 cm³/mol. The van der Waals surface area contributed by atoms with Crippen molar-refractivity contribution in [3.8, 4) is 5.75 Å². The van der Waals surface area contributed by atoms with Crippen LogP contribution in [0, 0.1) is 33.8 Å². The summed E-state index contributed by atoms with van der Waals surface area (Å²) < 4.78 is 6.41. The Morgan fingerprint density at radius 3 is 2.58 bits per heavy atom. The molecular formula is C34H33N3O6. The molecule has 0 spiro atoms. The number of hydrogen-bond acceptors (Lipinski definition) is 7. The second kappa shape index (κ2) is 11.6. The molecule has 1 N–H and O–H groups in total. The maximum atomic E-state index is 13.9. The summed E-state index contributed by atoms with van der Waals surface area (Å²) in [6.07, 6.45) is 5.45. The fourth-order valence-electron chi connectivity index (χ4n) is 6.84. The van der Waals surface area contributed by atoms with Gasteiger partial charge in [-0.2, -0.15) is 0 Å². The molecule has 1 aromatic heterocycles. The third-order valence-electron chi connectivity index (χ3n) is 8.84. The molecule has 0 bridgehead atoms. The topological polar surface area (TPSA) is 123 Å². The summed E-state index contributed by atoms with van der Waals surface area (Å²) in [7, 11) is 0. The quantitative estimate of drug-likeness (QED) is 0.146. The summed E-state index contributed by atoms with van der Waals surface area (Å²) >= 11 is 0. The van der Waals surface area contributed by atoms with Crippen LogP contribution in [0.1, 0.15) is 44.4 Å². The van der Waals surface area contributed by atoms with Gasteiger partial charge in [0.25, 0.3) is 5.69 Å². The molecule has 1 aliphatic carbocycles. The van der Waals surface area contributed by atoms with Crippen LogP contribution in [0.25, 0.3) is 11.6 Å². The fourth-order valence-corrected chi connectivity index (χ4v) is 6.84. The van der Waals surface area contributed by atoms with Crippen LogP contribution in [0.4, 0.5) is 11.4 Å². The number of nitro groups is 1. The number of nitro benzene ring substituents is 1. The lowest BCUT2D eigenvalue weighted by molar-refractivity contribution is -0.384. The molecule has 2 aliphatic heterocycles. The molecule has 3 heterocycles. The highest BCUT2D eigenvalue weighted by Crippen LogP contribution is 2.52. The van der Waals surface area contributed by atoms with Crippen LogP contribution in [0.2, 0.25) is 0 Å². The minimum absolute atomic E-state index is 0.164. The maximum Gasteiger partial charge on any atom is 0.271 e. The zero-order valence-corrected chi connectivity index (χ0v) is 24.1. The number of carbonyl (C=O) groups is 2. The first kappa shape index (κ1) is 28.5. The molecule has 9 heteroatoms. The first-order valence-corrected chi connectivity index (χ1v) is 14.6. The highest BCUT2D eigenvalue weighted by Gasteiger charge is 2.57. The predicted octanol–water partition coefficient (Wildman–Crippen LogP) is 6.19. The molecule has 2 fully saturated rings. The summed E-state index contributed by atoms with van der Waals surface area (Å²) in [6.45, 7) is 4.57. The van der Waals surface area contributed by atoms with Gasteiger partial charge in [-0.05, 0) is 78.3 Å². The number of rotatable bonds is 8. The molecule has 220 valence electrons. The number of non-ortho nitro benzene ring substituents is 1. The van der Waals surface area contributed by atoms with Gasteiger partial charge in [-0.25, -0.2) is 4.90 Å². The van der Waals surface area contributed by atoms with Crippen molar-refractivity contribution in [2.45, 2.75) is 39.2 Å². The first-order valence-electron chi connectivity index (χ1n) is 14.6. The second-order valence-electron chi connectivity index (χ2n) is 11.7. The third-order valence-corrected chi connectivity index (χ3v) is 8.84. The number of allylic oxidation sites excluding steroid dienone is 2. The molecule has 0 unspecified atom stereocenters. The SMILES string of the molecule is CC(C)C1=C2[C@@H](CC/C(=C/c3ccc(O)cc3)c3ccccn3)OC[C@@H]2[C@@H]2C(=O)N(c3cccc([N+](=O)[O-])c3)C(=O)[C@@H]2C1. The monoisotopic (exact) mass is 579 g/mol. The van der Waals surface area contributed by atoms with E-state index < -0.39 is 16.8 Å². The highest BCUT2D eigenvalue weighted by molar-refractivity contribution is 6.22. The van der Waals surface area contributed by atoms with Gasteiger partial charge in [0.2, 0.25) is 11.8 Å². The fraction of sp³-hybridized carbons (Fsp3) is 0.324. The maximum absolute atomic E-state index is 13.9. The van der Waals surface area contributed by atoms with Crippen molar-refractivity contribution in [1.82, 2.24) is 4.98 Å². The van der Waals surface area contributed by atoms with Crippen LogP contribution < -0.4 is 4.90 Å². The molecule has 4 atom stereocenters. The van der Waals surface area contributed by atoms with Gasteiger partial charge in [-0.3, -0.25) is 24.7 Å². The molecular weight excluding hydrogens is 546 g/mol. The van der Waals surface area contributed by atoms with Gasteiger partial charge in [0.05, 0.1) is 40.9 Å². The smallest absolute Gasteiger partial charge is 0.271 e. The van der Waals surface area contributed by atoms with E-state index in [0.29, 0.717) is 25.9 Å². The summed E-state index contributed by atoms with van der Waals surface area (Å²) in [5.41, 5.74) is 5.20. The van der Waals surface area contributed by atoms with E-state index in [1.54, 1.807) is 24.4 Å². The Morgan fingerprint density at radius 1 is 1.09 bits per heavy atom. The Balaban J connectivity index is 1.29. The van der Waals surface area contributed by atoms with Crippen LogP contribution in [-0.2, 0) is 14.3 Å². The number of aromatic nitrogens is 1. The number of hydrogen-bond donors (Lipinski definition) is 1. The largest absolute Gasteiger partial charge is 0.508 e. The summed E-state index contributed by atoms with van der Waals surface area (Å²) in [4.78, 5) is 44.1. The standard InChI is InChI=1S/C34H33N3O6/c1-20(2)26-18-27-32(34(40)36(33(27)39)23-6-5-7-24(17-23)37(41)42)28-19-43-30(31(26)28)14-11-22(29-8-3-4-15-35-29)16-21-9-12-25(38)13-10-21/h3-10,12-13,15-17,20,27-28,30,32,38H,11,14,18-19H2,1-2H3/b22-16-/t27-,28+,30-,32-/m1/s1. The molecule has 2 saturated heterocycles. The van der Waals surface area contributed by atoms with Gasteiger partial charge in [-0.15, -0.1) is 0 Å². The summed E-state index contributed by atoms with van der Waals surface area (Å²) in [6, 6.07) is 18.5. The lowest BCUT2D eigenvalue weighted by Crippen LogP contribution is -2.35. The molecule has 2 aromatic carbocycles. The number of phenols is 1. The van der Waals surface area contributed by atoms with Crippen molar-refractivity contribution in [2.24, 2.45) is 23.7 Å². The number of aromatic hydroxyl groups is 1. The van der Waals surface area contributed by atoms with E-state index in [2.05, 4.69) is 24.9 Å². The van der Waals surface area contributed by atoms with Crippen molar-refractivity contribution in [3.63, 3.8) is 0 Å². The Morgan fingerprint density at radius 2 is 1.88 bits per heavy atom. The molecule has 3 aliphatic rings. The lowest BCUT2D eigenvalue weighted by Gasteiger charge is -2.33. The zero-order chi connectivity index (χ0) is 30.2. The van der Waals surface area contributed by atoms with E-state index in [1.807, 2.05) is 30.3 Å². The van der Waals surface area contributed by atoms with Crippen molar-refractivity contribution in [2.75, 3.05) is 11.5 Å². The summed E-state index contributed by atoms with van der Waals surface area (Å²) in [5.74, 6) is -1.54. The molecule has 9 nitrogen and oxygen atoms in total. The number of carbonyl (C=O) groups excluding carboxylic acids is 2. The van der Waals surface area contributed by atoms with E-state index in [0.717, 1.165) is 32.9 Å². The Hall–Kier alpha value is -4.63. The van der Waals surface area contributed by atoms with Crippen LogP contribution in [0.15, 0.2) is 84.1 Å². The Labute approximate surface area is 249 Å². The molecule has 0 radical (unpaired) electrons. The summed E-state index contributed by atoms with van der Waals surface area (Å²) in [5, 5.41) is 21.1. The van der Waals surface area contributed by atoms with Gasteiger partial charge in [-0.1, -0.05) is 43.7 Å². The van der Waals surface area contributed by atoms with Crippen molar-refractivity contribution in [3.05, 3.63) is 105 Å². The normalized spacial score (nSPS) is 23.6. The highest BCUT2D eigenvalue weighted by atomic mass is 16.6. The second-order valence-corrected chi connectivity index (χ2v) is 11.7. The number of benzene rings is 2. The van der Waals surface area contributed by atoms with Crippen LogP contribution in [-0.4, -0.2) is 39.5 Å². The zero-order valence-electron chi connectivity index (χ0n) is 24.1. The first-order chi connectivity index (χ1) is 20.7. The van der Waals surface area contributed by atoms with E-state index in [9.17, 15) is 24.8 Å². The molecule has 0 saturated carbocycles. The van der Waals surface area contributed by atoms with Crippen LogP contribution in [0.3, 0.4) is 0 Å². The third kappa shape index (κ3) is 5.36. The number of pyridine rings is 1. The molecule has 43 heavy (non-hydrogen) atoms. The number of phenolic OH excluding ortho intramolecular Hbond substituents is 1. The van der Waals surface area contributed by atoms with Gasteiger partial charge in [0.15, 0.2) is 0 Å². The molecule has 6 rings (SSSR count). The number of fused-ring (bicyclic) bond motifs is 3. The van der Waals surface area contributed by atoms with Gasteiger partial charge in [0, 0.05) is 24.2 Å². The van der Waals surface area contributed by atoms with E-state index in [1.165, 1.54) is 18.2 Å². The van der Waals surface area contributed by atoms with Crippen molar-refractivity contribution in [1.29, 1.82) is 0 Å². The molecule has 3 aromatic rings. The number of amides is 2. The minimum atomic E-state index is -0.558. The van der Waals surface area contributed by atoms with Gasteiger partial charge >= 0.3 is 0 Å². The molecule has 2 amide bonds. The van der Waals surface area contributed by atoms with Crippen molar-refractivity contribution >= 4 is 34.8 Å². The minimum Gasteiger partial charge on any atom is -0.508 e. The van der Waals surface area contributed by atoms with Gasteiger partial charge < -0.3 is 9.84 Å². The van der Waals surface area contributed by atoms with E-state index >= 15 is 0 Å². The number of anilines is 1. The average Bonchev–Trinajstić information content (AvgIpc) is 3.54. The van der Waals surface area contributed by atoms with Crippen molar-refractivity contribution < 1.29 is 24.4 Å². The Kier molecular flexibility index (Phi) is 7.66. The van der Waals surface area contributed by atoms with E-state index in [-0.39, 0.29) is 46.9 Å². The van der Waals surface area contributed by atoms with Crippen LogP contribution in [0.5, 0.6) is 5.75 Å². The number of ether oxygens (including phenoxy) is 1. The lowest BCUT2D eigenvalue weighted by atomic mass is 9.67. The van der Waals surface area contributed by atoms with Gasteiger partial charge in [0.1, 0.15) is 5.75 Å². The number of imide groups is 1. The Bertz CT molecular complexity index is 1630. The van der Waals surface area contributed by atoms with E-state index in [4.69, 9.17) is 4.74 Å². The number of nitrogens with zero attached hydrogens (tertiary/aromatic N) is 3. The van der Waals surface area contributed by atoms with Crippen LogP contribution >= 0.6 is 0 Å². The average molecular weight is 580 g/mol.